The Kier molecular flexibility index (Phi) is 3.37. The topological polar surface area (TPSA) is 40.9 Å². The number of alkyl halides is 3. The second-order valence-corrected chi connectivity index (χ2v) is 5.83. The van der Waals surface area contributed by atoms with Crippen LogP contribution in [0.5, 0.6) is 0 Å². The number of carbonyl (C=O) groups excluding carboxylic acids is 1. The molecule has 1 aliphatic carbocycles. The molecule has 0 bridgehead atoms. The first-order valence-corrected chi connectivity index (χ1v) is 6.27. The predicted octanol–water partition coefficient (Wildman–Crippen LogP) is 3.93. The molecule has 2 unspecified atom stereocenters. The monoisotopic (exact) mass is 281 g/mol. The van der Waals surface area contributed by atoms with Gasteiger partial charge in [-0.1, -0.05) is 32.0 Å². The molecule has 1 aromatic rings. The molecule has 0 saturated heterocycles. The third-order valence-corrected chi connectivity index (χ3v) is 3.82. The van der Waals surface area contributed by atoms with Gasteiger partial charge >= 0.3 is 6.18 Å². The van der Waals surface area contributed by atoms with Gasteiger partial charge in [-0.3, -0.25) is 4.79 Å². The summed E-state index contributed by atoms with van der Waals surface area (Å²) in [4.78, 5) is 12.2. The van der Waals surface area contributed by atoms with Gasteiger partial charge in [0.15, 0.2) is 5.78 Å². The summed E-state index contributed by atoms with van der Waals surface area (Å²) in [6.45, 7) is 3.83. The summed E-state index contributed by atoms with van der Waals surface area (Å²) in [5.41, 5.74) is -0.860. The van der Waals surface area contributed by atoms with Crippen molar-refractivity contribution in [3.05, 3.63) is 35.4 Å². The van der Waals surface area contributed by atoms with Crippen LogP contribution in [-0.4, -0.2) is 5.78 Å². The standard InChI is InChI=1S/C15H14F3NO/c1-14(2)7-12(14)13(20)11(8-19)9-4-3-5-10(6-9)15(16,17)18/h3-6,11-12H,7H2,1-2H3. The van der Waals surface area contributed by atoms with Crippen molar-refractivity contribution in [3.63, 3.8) is 0 Å². The van der Waals surface area contributed by atoms with E-state index >= 15 is 0 Å². The van der Waals surface area contributed by atoms with Gasteiger partial charge in [-0.25, -0.2) is 0 Å². The van der Waals surface area contributed by atoms with E-state index in [0.717, 1.165) is 12.1 Å². The van der Waals surface area contributed by atoms with Crippen molar-refractivity contribution in [1.29, 1.82) is 5.26 Å². The van der Waals surface area contributed by atoms with Gasteiger partial charge in [0.25, 0.3) is 0 Å². The SMILES string of the molecule is CC1(C)CC1C(=O)C(C#N)c1cccc(C(F)(F)F)c1. The van der Waals surface area contributed by atoms with Crippen LogP contribution in [-0.2, 0) is 11.0 Å². The van der Waals surface area contributed by atoms with Gasteiger partial charge in [0, 0.05) is 5.92 Å². The molecule has 0 N–H and O–H groups in total. The van der Waals surface area contributed by atoms with E-state index in [1.54, 1.807) is 0 Å². The largest absolute Gasteiger partial charge is 0.416 e. The number of nitriles is 1. The van der Waals surface area contributed by atoms with E-state index in [-0.39, 0.29) is 22.7 Å². The van der Waals surface area contributed by atoms with Crippen molar-refractivity contribution in [2.45, 2.75) is 32.4 Å². The Balaban J connectivity index is 2.30. The number of rotatable bonds is 3. The van der Waals surface area contributed by atoms with E-state index in [1.807, 2.05) is 19.9 Å². The summed E-state index contributed by atoms with van der Waals surface area (Å²) in [5.74, 6) is -1.64. The van der Waals surface area contributed by atoms with E-state index in [2.05, 4.69) is 0 Å². The van der Waals surface area contributed by atoms with Crippen LogP contribution in [0.1, 0.15) is 37.3 Å². The number of Topliss-reactive ketones (excluding diaryl/α,β-unsaturated/α-hetero) is 1. The van der Waals surface area contributed by atoms with Crippen molar-refractivity contribution in [1.82, 2.24) is 0 Å². The molecule has 20 heavy (non-hydrogen) atoms. The first kappa shape index (κ1) is 14.6. The third-order valence-electron chi connectivity index (χ3n) is 3.82. The Morgan fingerprint density at radius 1 is 1.45 bits per heavy atom. The lowest BCUT2D eigenvalue weighted by molar-refractivity contribution is -0.137. The fourth-order valence-corrected chi connectivity index (χ4v) is 2.35. The highest BCUT2D eigenvalue weighted by Crippen LogP contribution is 2.53. The maximum Gasteiger partial charge on any atom is 0.416 e. The summed E-state index contributed by atoms with van der Waals surface area (Å²) in [7, 11) is 0. The molecule has 0 spiro atoms. The zero-order valence-electron chi connectivity index (χ0n) is 11.2. The lowest BCUT2D eigenvalue weighted by Gasteiger charge is -2.12. The molecule has 106 valence electrons. The normalized spacial score (nSPS) is 21.9. The summed E-state index contributed by atoms with van der Waals surface area (Å²) >= 11 is 0. The molecular weight excluding hydrogens is 267 g/mol. The lowest BCUT2D eigenvalue weighted by Crippen LogP contribution is -2.16. The van der Waals surface area contributed by atoms with E-state index in [0.29, 0.717) is 6.42 Å². The summed E-state index contributed by atoms with van der Waals surface area (Å²) in [5, 5.41) is 9.14. The molecule has 1 aliphatic rings. The zero-order valence-corrected chi connectivity index (χ0v) is 11.2. The van der Waals surface area contributed by atoms with Gasteiger partial charge in [-0.2, -0.15) is 18.4 Å². The number of halogens is 3. The van der Waals surface area contributed by atoms with E-state index in [1.165, 1.54) is 12.1 Å². The Morgan fingerprint density at radius 2 is 2.05 bits per heavy atom. The van der Waals surface area contributed by atoms with Crippen molar-refractivity contribution in [2.24, 2.45) is 11.3 Å². The summed E-state index contributed by atoms with van der Waals surface area (Å²) < 4.78 is 38.0. The minimum absolute atomic E-state index is 0.120. The molecule has 2 atom stereocenters. The van der Waals surface area contributed by atoms with Crippen LogP contribution in [0.4, 0.5) is 13.2 Å². The fourth-order valence-electron chi connectivity index (χ4n) is 2.35. The molecule has 1 saturated carbocycles. The highest BCUT2D eigenvalue weighted by atomic mass is 19.4. The quantitative estimate of drug-likeness (QED) is 0.842. The van der Waals surface area contributed by atoms with Crippen molar-refractivity contribution in [2.75, 3.05) is 0 Å². The van der Waals surface area contributed by atoms with Crippen LogP contribution in [0.25, 0.3) is 0 Å². The highest BCUT2D eigenvalue weighted by Gasteiger charge is 2.52. The van der Waals surface area contributed by atoms with Crippen LogP contribution in [0.2, 0.25) is 0 Å². The molecule has 2 nitrogen and oxygen atoms in total. The average Bonchev–Trinajstić information content (AvgIpc) is 2.99. The van der Waals surface area contributed by atoms with Crippen molar-refractivity contribution < 1.29 is 18.0 Å². The molecule has 0 radical (unpaired) electrons. The zero-order chi connectivity index (χ0) is 15.1. The molecule has 0 amide bonds. The van der Waals surface area contributed by atoms with Gasteiger partial charge < -0.3 is 0 Å². The second-order valence-electron chi connectivity index (χ2n) is 5.83. The fraction of sp³-hybridized carbons (Fsp3) is 0.467. The Bertz CT molecular complexity index is 584. The van der Waals surface area contributed by atoms with Crippen molar-refractivity contribution >= 4 is 5.78 Å². The van der Waals surface area contributed by atoms with E-state index in [4.69, 9.17) is 5.26 Å². The minimum atomic E-state index is -4.47. The van der Waals surface area contributed by atoms with Crippen molar-refractivity contribution in [3.8, 4) is 6.07 Å². The van der Waals surface area contributed by atoms with Gasteiger partial charge in [-0.15, -0.1) is 0 Å². The minimum Gasteiger partial charge on any atom is -0.298 e. The van der Waals surface area contributed by atoms with Crippen LogP contribution < -0.4 is 0 Å². The van der Waals surface area contributed by atoms with Crippen LogP contribution >= 0.6 is 0 Å². The van der Waals surface area contributed by atoms with Crippen LogP contribution in [0, 0.1) is 22.7 Å². The smallest absolute Gasteiger partial charge is 0.298 e. The number of ketones is 1. The number of nitrogens with zero attached hydrogens (tertiary/aromatic N) is 1. The molecular formula is C15H14F3NO. The molecule has 0 aromatic heterocycles. The molecule has 0 aliphatic heterocycles. The van der Waals surface area contributed by atoms with E-state index < -0.39 is 17.7 Å². The van der Waals surface area contributed by atoms with Gasteiger partial charge in [0.2, 0.25) is 0 Å². The van der Waals surface area contributed by atoms with Crippen LogP contribution in [0.15, 0.2) is 24.3 Å². The Hall–Kier alpha value is -1.83. The maximum absolute atomic E-state index is 12.7. The molecule has 5 heteroatoms. The molecule has 0 heterocycles. The first-order chi connectivity index (χ1) is 9.16. The number of hydrogen-bond donors (Lipinski definition) is 0. The maximum atomic E-state index is 12.7. The molecule has 1 fully saturated rings. The Labute approximate surface area is 115 Å². The summed E-state index contributed by atoms with van der Waals surface area (Å²) in [6.07, 6.45) is -3.79. The van der Waals surface area contributed by atoms with Crippen LogP contribution in [0.3, 0.4) is 0 Å². The number of hydrogen-bond acceptors (Lipinski definition) is 2. The number of carbonyl (C=O) groups is 1. The van der Waals surface area contributed by atoms with Gasteiger partial charge in [0.1, 0.15) is 5.92 Å². The molecule has 1 aromatic carbocycles. The predicted molar refractivity (Wildman–Crippen MR) is 66.7 cm³/mol. The first-order valence-electron chi connectivity index (χ1n) is 6.27. The highest BCUT2D eigenvalue weighted by molar-refractivity contribution is 5.93. The van der Waals surface area contributed by atoms with Gasteiger partial charge in [0.05, 0.1) is 11.6 Å². The number of benzene rings is 1. The van der Waals surface area contributed by atoms with Gasteiger partial charge in [-0.05, 0) is 23.5 Å². The summed E-state index contributed by atoms with van der Waals surface area (Å²) in [6, 6.07) is 6.29. The molecule has 2 rings (SSSR count). The second kappa shape index (κ2) is 4.62. The Morgan fingerprint density at radius 3 is 2.50 bits per heavy atom. The third kappa shape index (κ3) is 2.69. The lowest BCUT2D eigenvalue weighted by atomic mass is 9.90. The van der Waals surface area contributed by atoms with E-state index in [9.17, 15) is 18.0 Å². The average molecular weight is 281 g/mol.